The molecular formula is C23H22F4N2O3. The van der Waals surface area contributed by atoms with E-state index in [1.165, 1.54) is 0 Å². The molecule has 2 heterocycles. The van der Waals surface area contributed by atoms with Crippen molar-refractivity contribution < 1.29 is 31.8 Å². The molecule has 1 N–H and O–H groups in total. The Bertz CT molecular complexity index is 994. The maximum atomic E-state index is 14.2. The maximum Gasteiger partial charge on any atom is 0.416 e. The third kappa shape index (κ3) is 5.17. The van der Waals surface area contributed by atoms with E-state index in [-0.39, 0.29) is 24.1 Å². The Kier molecular flexibility index (Phi) is 6.59. The molecule has 0 radical (unpaired) electrons. The molecular weight excluding hydrogens is 428 g/mol. The predicted octanol–water partition coefficient (Wildman–Crippen LogP) is 3.82. The van der Waals surface area contributed by atoms with E-state index in [1.54, 1.807) is 6.08 Å². The number of halogens is 4. The lowest BCUT2D eigenvalue weighted by atomic mass is 10.0. The van der Waals surface area contributed by atoms with Crippen LogP contribution in [0.2, 0.25) is 0 Å². The van der Waals surface area contributed by atoms with Crippen molar-refractivity contribution in [3.8, 4) is 0 Å². The Hall–Kier alpha value is -2.75. The summed E-state index contributed by atoms with van der Waals surface area (Å²) in [6.07, 6.45) is -3.84. The van der Waals surface area contributed by atoms with Crippen LogP contribution in [0.5, 0.6) is 0 Å². The van der Waals surface area contributed by atoms with Crippen LogP contribution in [0.4, 0.5) is 17.6 Å². The van der Waals surface area contributed by atoms with Crippen LogP contribution in [0.15, 0.2) is 60.2 Å². The lowest BCUT2D eigenvalue weighted by Gasteiger charge is -2.41. The van der Waals surface area contributed by atoms with Gasteiger partial charge in [0.1, 0.15) is 5.82 Å². The van der Waals surface area contributed by atoms with Crippen molar-refractivity contribution in [3.05, 3.63) is 82.7 Å². The monoisotopic (exact) mass is 450 g/mol. The first-order chi connectivity index (χ1) is 15.3. The van der Waals surface area contributed by atoms with Gasteiger partial charge in [-0.2, -0.15) is 13.2 Å². The van der Waals surface area contributed by atoms with E-state index < -0.39 is 23.8 Å². The topological polar surface area (TPSA) is 50.8 Å². The molecule has 2 aromatic rings. The zero-order valence-corrected chi connectivity index (χ0v) is 17.1. The second-order valence-electron chi connectivity index (χ2n) is 7.70. The largest absolute Gasteiger partial charge is 0.416 e. The first-order valence-electron chi connectivity index (χ1n) is 10.2. The van der Waals surface area contributed by atoms with Crippen molar-refractivity contribution in [3.63, 3.8) is 0 Å². The Morgan fingerprint density at radius 1 is 1.16 bits per heavy atom. The number of nitrogens with zero attached hydrogens (tertiary/aromatic N) is 1. The summed E-state index contributed by atoms with van der Waals surface area (Å²) in [4.78, 5) is 13.6. The number of rotatable bonds is 6. The molecule has 170 valence electrons. The molecule has 0 bridgehead atoms. The van der Waals surface area contributed by atoms with Crippen LogP contribution < -0.4 is 5.32 Å². The van der Waals surface area contributed by atoms with E-state index in [9.17, 15) is 22.4 Å². The number of ether oxygens (including phenoxy) is 2. The molecule has 0 unspecified atom stereocenters. The summed E-state index contributed by atoms with van der Waals surface area (Å²) < 4.78 is 64.9. The van der Waals surface area contributed by atoms with Gasteiger partial charge >= 0.3 is 6.18 Å². The standard InChI is InChI=1S/C23H22F4N2O3/c24-19-7-6-18(23(25,26)27)11-17(19)14-32-22-21(16-4-2-1-3-5-16)29(8-9-31-22)13-15-10-20(30)28-12-15/h1-7,10-11,21-22H,8-9,12-14H2,(H,28,30)/t21-,22+/m0/s1. The average molecular weight is 450 g/mol. The molecule has 0 aliphatic carbocycles. The molecule has 32 heavy (non-hydrogen) atoms. The van der Waals surface area contributed by atoms with Crippen molar-refractivity contribution in [2.75, 3.05) is 26.2 Å². The zero-order valence-electron chi connectivity index (χ0n) is 17.1. The van der Waals surface area contributed by atoms with Crippen LogP contribution in [0.3, 0.4) is 0 Å². The molecule has 5 nitrogen and oxygen atoms in total. The van der Waals surface area contributed by atoms with E-state index in [0.29, 0.717) is 32.3 Å². The van der Waals surface area contributed by atoms with Crippen LogP contribution >= 0.6 is 0 Å². The molecule has 0 spiro atoms. The van der Waals surface area contributed by atoms with Crippen molar-refractivity contribution in [2.45, 2.75) is 25.1 Å². The van der Waals surface area contributed by atoms with E-state index in [2.05, 4.69) is 10.2 Å². The first kappa shape index (κ1) is 22.4. The van der Waals surface area contributed by atoms with Gasteiger partial charge in [0.2, 0.25) is 5.91 Å². The lowest BCUT2D eigenvalue weighted by Crippen LogP contribution is -2.47. The summed E-state index contributed by atoms with van der Waals surface area (Å²) in [6.45, 7) is 1.48. The second kappa shape index (κ2) is 9.40. The molecule has 0 aromatic heterocycles. The fraction of sp³-hybridized carbons (Fsp3) is 0.348. The van der Waals surface area contributed by atoms with Gasteiger partial charge in [-0.25, -0.2) is 4.39 Å². The predicted molar refractivity (Wildman–Crippen MR) is 108 cm³/mol. The van der Waals surface area contributed by atoms with Gasteiger partial charge in [-0.15, -0.1) is 0 Å². The van der Waals surface area contributed by atoms with Gasteiger partial charge in [-0.05, 0) is 29.3 Å². The molecule has 1 saturated heterocycles. The summed E-state index contributed by atoms with van der Waals surface area (Å²) in [5.74, 6) is -0.917. The van der Waals surface area contributed by atoms with E-state index >= 15 is 0 Å². The molecule has 2 aliphatic rings. The first-order valence-corrected chi connectivity index (χ1v) is 10.2. The SMILES string of the molecule is O=C1C=C(CN2CCO[C@H](OCc3cc(C(F)(F)F)ccc3F)[C@@H]2c2ccccc2)CN1. The van der Waals surface area contributed by atoms with E-state index in [1.807, 2.05) is 30.3 Å². The normalized spacial score (nSPS) is 22.0. The Morgan fingerprint density at radius 2 is 1.94 bits per heavy atom. The number of amides is 1. The highest BCUT2D eigenvalue weighted by molar-refractivity contribution is 5.91. The number of morpholine rings is 1. The van der Waals surface area contributed by atoms with Gasteiger partial charge in [-0.1, -0.05) is 30.3 Å². The fourth-order valence-electron chi connectivity index (χ4n) is 3.91. The minimum Gasteiger partial charge on any atom is -0.349 e. The molecule has 9 heteroatoms. The molecule has 4 rings (SSSR count). The highest BCUT2D eigenvalue weighted by Gasteiger charge is 2.36. The number of benzene rings is 2. The van der Waals surface area contributed by atoms with Crippen molar-refractivity contribution in [2.24, 2.45) is 0 Å². The number of carbonyl (C=O) groups excluding carboxylic acids is 1. The number of hydrogen-bond donors (Lipinski definition) is 1. The summed E-state index contributed by atoms with van der Waals surface area (Å²) in [5, 5.41) is 2.74. The van der Waals surface area contributed by atoms with Crippen LogP contribution in [-0.4, -0.2) is 43.3 Å². The van der Waals surface area contributed by atoms with Gasteiger partial charge in [0, 0.05) is 31.3 Å². The minimum atomic E-state index is -4.58. The molecule has 2 aromatic carbocycles. The Balaban J connectivity index is 1.55. The summed E-state index contributed by atoms with van der Waals surface area (Å²) in [5.41, 5.74) is 0.675. The highest BCUT2D eigenvalue weighted by Crippen LogP contribution is 2.33. The van der Waals surface area contributed by atoms with Crippen molar-refractivity contribution >= 4 is 5.91 Å². The number of hydrogen-bond acceptors (Lipinski definition) is 4. The Morgan fingerprint density at radius 3 is 2.62 bits per heavy atom. The molecule has 1 amide bonds. The smallest absolute Gasteiger partial charge is 0.349 e. The summed E-state index contributed by atoms with van der Waals surface area (Å²) in [6, 6.07) is 11.3. The molecule has 1 fully saturated rings. The van der Waals surface area contributed by atoms with Gasteiger partial charge in [0.05, 0.1) is 24.8 Å². The number of nitrogens with one attached hydrogen (secondary N) is 1. The Labute approximate surface area is 182 Å². The maximum absolute atomic E-state index is 14.2. The van der Waals surface area contributed by atoms with E-state index in [4.69, 9.17) is 9.47 Å². The molecule has 2 atom stereocenters. The van der Waals surface area contributed by atoms with E-state index in [0.717, 1.165) is 23.3 Å². The zero-order chi connectivity index (χ0) is 22.7. The summed E-state index contributed by atoms with van der Waals surface area (Å²) >= 11 is 0. The average Bonchev–Trinajstić information content (AvgIpc) is 3.17. The highest BCUT2D eigenvalue weighted by atomic mass is 19.4. The van der Waals surface area contributed by atoms with Gasteiger partial charge in [0.15, 0.2) is 6.29 Å². The van der Waals surface area contributed by atoms with Crippen LogP contribution in [-0.2, 0) is 27.1 Å². The second-order valence-corrected chi connectivity index (χ2v) is 7.70. The van der Waals surface area contributed by atoms with Gasteiger partial charge in [0.25, 0.3) is 0 Å². The third-order valence-corrected chi connectivity index (χ3v) is 5.46. The van der Waals surface area contributed by atoms with Crippen LogP contribution in [0.1, 0.15) is 22.7 Å². The van der Waals surface area contributed by atoms with Crippen molar-refractivity contribution in [1.82, 2.24) is 10.2 Å². The fourth-order valence-corrected chi connectivity index (χ4v) is 3.91. The molecule has 2 aliphatic heterocycles. The van der Waals surface area contributed by atoms with Gasteiger partial charge < -0.3 is 14.8 Å². The van der Waals surface area contributed by atoms with Crippen molar-refractivity contribution in [1.29, 1.82) is 0 Å². The third-order valence-electron chi connectivity index (χ3n) is 5.46. The van der Waals surface area contributed by atoms with Gasteiger partial charge in [-0.3, -0.25) is 9.69 Å². The number of alkyl halides is 3. The minimum absolute atomic E-state index is 0.141. The quantitative estimate of drug-likeness (QED) is 0.680. The van der Waals surface area contributed by atoms with Crippen LogP contribution in [0, 0.1) is 5.82 Å². The lowest BCUT2D eigenvalue weighted by molar-refractivity contribution is -0.215. The molecule has 0 saturated carbocycles. The van der Waals surface area contributed by atoms with Crippen LogP contribution in [0.25, 0.3) is 0 Å². The summed E-state index contributed by atoms with van der Waals surface area (Å²) in [7, 11) is 0. The number of carbonyl (C=O) groups is 1.